The molecule has 0 radical (unpaired) electrons. The van der Waals surface area contributed by atoms with Crippen LogP contribution in [0.25, 0.3) is 0 Å². The summed E-state index contributed by atoms with van der Waals surface area (Å²) in [5.41, 5.74) is -0.860. The first-order chi connectivity index (χ1) is 9.48. The van der Waals surface area contributed by atoms with Crippen LogP contribution in [0.5, 0.6) is 0 Å². The molecule has 1 aliphatic carbocycles. The van der Waals surface area contributed by atoms with E-state index >= 15 is 0 Å². The average Bonchev–Trinajstić information content (AvgIpc) is 2.85. The Labute approximate surface area is 120 Å². The SMILES string of the molecule is CCCC[C@@H](F)CC=C(O)[C@@]12C[C@@H](C)C[C@H]1CC(=O)O2. The van der Waals surface area contributed by atoms with Gasteiger partial charge in [0.2, 0.25) is 0 Å². The number of halogens is 1. The highest BCUT2D eigenvalue weighted by molar-refractivity contribution is 5.74. The Morgan fingerprint density at radius 1 is 1.65 bits per heavy atom. The van der Waals surface area contributed by atoms with Crippen molar-refractivity contribution in [3.8, 4) is 0 Å². The number of unbranched alkanes of at least 4 members (excludes halogenated alkanes) is 1. The summed E-state index contributed by atoms with van der Waals surface area (Å²) in [6.45, 7) is 4.13. The molecule has 4 heteroatoms. The molecule has 1 aliphatic heterocycles. The predicted octanol–water partition coefficient (Wildman–Crippen LogP) is 4.08. The molecular formula is C16H25FO3. The van der Waals surface area contributed by atoms with E-state index in [-0.39, 0.29) is 24.1 Å². The maximum absolute atomic E-state index is 13.7. The lowest BCUT2D eigenvalue weighted by atomic mass is 9.88. The highest BCUT2D eigenvalue weighted by Crippen LogP contribution is 2.51. The summed E-state index contributed by atoms with van der Waals surface area (Å²) in [5, 5.41) is 10.3. The van der Waals surface area contributed by atoms with E-state index in [0.717, 1.165) is 19.3 Å². The Bertz CT molecular complexity index is 393. The minimum atomic E-state index is -0.928. The molecule has 3 nitrogen and oxygen atoms in total. The van der Waals surface area contributed by atoms with Crippen molar-refractivity contribution in [1.29, 1.82) is 0 Å². The maximum atomic E-state index is 13.7. The summed E-state index contributed by atoms with van der Waals surface area (Å²) >= 11 is 0. The molecular weight excluding hydrogens is 259 g/mol. The van der Waals surface area contributed by atoms with E-state index in [0.29, 0.717) is 25.2 Å². The third-order valence-electron chi connectivity index (χ3n) is 4.58. The van der Waals surface area contributed by atoms with Crippen LogP contribution in [0.2, 0.25) is 0 Å². The summed E-state index contributed by atoms with van der Waals surface area (Å²) in [5.74, 6) is 0.293. The van der Waals surface area contributed by atoms with E-state index in [1.54, 1.807) is 0 Å². The van der Waals surface area contributed by atoms with Crippen LogP contribution in [0, 0.1) is 11.8 Å². The minimum Gasteiger partial charge on any atom is -0.508 e. The van der Waals surface area contributed by atoms with Gasteiger partial charge >= 0.3 is 5.97 Å². The van der Waals surface area contributed by atoms with Gasteiger partial charge in [0.15, 0.2) is 5.60 Å². The molecule has 114 valence electrons. The molecule has 1 N–H and O–H groups in total. The number of fused-ring (bicyclic) bond motifs is 1. The van der Waals surface area contributed by atoms with Crippen molar-refractivity contribution in [2.24, 2.45) is 11.8 Å². The molecule has 2 aliphatic rings. The maximum Gasteiger partial charge on any atom is 0.307 e. The summed E-state index contributed by atoms with van der Waals surface area (Å²) in [7, 11) is 0. The Balaban J connectivity index is 2.02. The van der Waals surface area contributed by atoms with Crippen LogP contribution in [0.15, 0.2) is 11.8 Å². The summed E-state index contributed by atoms with van der Waals surface area (Å²) < 4.78 is 19.1. The minimum absolute atomic E-state index is 0.0509. The number of hydrogen-bond donors (Lipinski definition) is 1. The number of carbonyl (C=O) groups excluding carboxylic acids is 1. The molecule has 1 saturated heterocycles. The van der Waals surface area contributed by atoms with Crippen LogP contribution >= 0.6 is 0 Å². The fraction of sp³-hybridized carbons (Fsp3) is 0.812. The third-order valence-corrected chi connectivity index (χ3v) is 4.58. The van der Waals surface area contributed by atoms with E-state index in [9.17, 15) is 14.3 Å². The fourth-order valence-corrected chi connectivity index (χ4v) is 3.58. The molecule has 4 atom stereocenters. The number of carbonyl (C=O) groups is 1. The molecule has 0 aromatic heterocycles. The number of aliphatic hydroxyl groups excluding tert-OH is 1. The second kappa shape index (κ2) is 6.15. The van der Waals surface area contributed by atoms with Crippen LogP contribution < -0.4 is 0 Å². The quantitative estimate of drug-likeness (QED) is 0.590. The second-order valence-corrected chi connectivity index (χ2v) is 6.37. The van der Waals surface area contributed by atoms with Crippen molar-refractivity contribution in [2.75, 3.05) is 0 Å². The Kier molecular flexibility index (Phi) is 4.71. The Morgan fingerprint density at radius 2 is 2.40 bits per heavy atom. The zero-order valence-electron chi connectivity index (χ0n) is 12.4. The highest BCUT2D eigenvalue weighted by Gasteiger charge is 2.57. The molecule has 0 unspecified atom stereocenters. The van der Waals surface area contributed by atoms with Crippen LogP contribution in [0.1, 0.15) is 58.8 Å². The van der Waals surface area contributed by atoms with Crippen molar-refractivity contribution in [2.45, 2.75) is 70.6 Å². The number of esters is 1. The molecule has 0 aromatic rings. The zero-order valence-corrected chi connectivity index (χ0v) is 12.4. The van der Waals surface area contributed by atoms with Crippen molar-refractivity contribution in [3.63, 3.8) is 0 Å². The fourth-order valence-electron chi connectivity index (χ4n) is 3.58. The lowest BCUT2D eigenvalue weighted by Gasteiger charge is -2.27. The molecule has 2 fully saturated rings. The Morgan fingerprint density at radius 3 is 3.10 bits per heavy atom. The number of hydrogen-bond acceptors (Lipinski definition) is 3. The van der Waals surface area contributed by atoms with Gasteiger partial charge in [-0.2, -0.15) is 0 Å². The van der Waals surface area contributed by atoms with Crippen molar-refractivity contribution >= 4 is 5.97 Å². The smallest absolute Gasteiger partial charge is 0.307 e. The van der Waals surface area contributed by atoms with Gasteiger partial charge in [-0.05, 0) is 31.3 Å². The Hall–Kier alpha value is -1.06. The van der Waals surface area contributed by atoms with E-state index < -0.39 is 11.8 Å². The highest BCUT2D eigenvalue weighted by atomic mass is 19.1. The van der Waals surface area contributed by atoms with E-state index in [1.165, 1.54) is 6.08 Å². The van der Waals surface area contributed by atoms with Gasteiger partial charge in [-0.3, -0.25) is 4.79 Å². The van der Waals surface area contributed by atoms with E-state index in [4.69, 9.17) is 4.74 Å². The van der Waals surface area contributed by atoms with Gasteiger partial charge in [0.05, 0.1) is 6.42 Å². The lowest BCUT2D eigenvalue weighted by Crippen LogP contribution is -2.34. The summed E-state index contributed by atoms with van der Waals surface area (Å²) in [6.07, 6.45) is 5.06. The lowest BCUT2D eigenvalue weighted by molar-refractivity contribution is -0.148. The van der Waals surface area contributed by atoms with Gasteiger partial charge in [0, 0.05) is 12.3 Å². The van der Waals surface area contributed by atoms with E-state index in [1.807, 2.05) is 6.92 Å². The number of rotatable bonds is 6. The number of allylic oxidation sites excluding steroid dienone is 1. The molecule has 0 spiro atoms. The first kappa shape index (κ1) is 15.3. The van der Waals surface area contributed by atoms with Crippen LogP contribution in [0.4, 0.5) is 4.39 Å². The van der Waals surface area contributed by atoms with Gasteiger partial charge in [-0.1, -0.05) is 26.7 Å². The third kappa shape index (κ3) is 2.99. The predicted molar refractivity (Wildman–Crippen MR) is 75.1 cm³/mol. The van der Waals surface area contributed by atoms with Crippen LogP contribution in [-0.4, -0.2) is 22.8 Å². The van der Waals surface area contributed by atoms with E-state index in [2.05, 4.69) is 6.92 Å². The van der Waals surface area contributed by atoms with Gasteiger partial charge in [-0.25, -0.2) is 4.39 Å². The molecule has 0 aromatic carbocycles. The van der Waals surface area contributed by atoms with Crippen LogP contribution in [0.3, 0.4) is 0 Å². The monoisotopic (exact) mass is 284 g/mol. The molecule has 1 saturated carbocycles. The molecule has 0 bridgehead atoms. The van der Waals surface area contributed by atoms with Crippen LogP contribution in [-0.2, 0) is 9.53 Å². The van der Waals surface area contributed by atoms with Gasteiger partial charge in [-0.15, -0.1) is 0 Å². The number of alkyl halides is 1. The topological polar surface area (TPSA) is 46.5 Å². The van der Waals surface area contributed by atoms with Gasteiger partial charge < -0.3 is 9.84 Å². The molecule has 1 heterocycles. The summed E-state index contributed by atoms with van der Waals surface area (Å²) in [4.78, 5) is 11.5. The standard InChI is InChI=1S/C16H25FO3/c1-3-4-5-13(17)6-7-14(18)16-10-11(2)8-12(16)9-15(19)20-16/h7,11-13,18H,3-6,8-10H2,1-2H3/t11-,12-,13+,16+/m0/s1. The van der Waals surface area contributed by atoms with Gasteiger partial charge in [0.25, 0.3) is 0 Å². The summed E-state index contributed by atoms with van der Waals surface area (Å²) in [6, 6.07) is 0. The first-order valence-corrected chi connectivity index (χ1v) is 7.73. The average molecular weight is 284 g/mol. The second-order valence-electron chi connectivity index (χ2n) is 6.37. The first-order valence-electron chi connectivity index (χ1n) is 7.73. The van der Waals surface area contributed by atoms with Crippen molar-refractivity contribution in [3.05, 3.63) is 11.8 Å². The number of aliphatic hydroxyl groups is 1. The van der Waals surface area contributed by atoms with Gasteiger partial charge in [0.1, 0.15) is 11.9 Å². The zero-order chi connectivity index (χ0) is 14.8. The largest absolute Gasteiger partial charge is 0.508 e. The normalized spacial score (nSPS) is 35.0. The molecule has 20 heavy (non-hydrogen) atoms. The number of ether oxygens (including phenoxy) is 1. The van der Waals surface area contributed by atoms with Crippen molar-refractivity contribution in [1.82, 2.24) is 0 Å². The molecule has 2 rings (SSSR count). The van der Waals surface area contributed by atoms with Crippen molar-refractivity contribution < 1.29 is 19.0 Å². The molecule has 0 amide bonds.